The van der Waals surface area contributed by atoms with E-state index in [0.717, 1.165) is 19.6 Å². The lowest BCUT2D eigenvalue weighted by Gasteiger charge is -2.52. The van der Waals surface area contributed by atoms with Crippen LogP contribution < -0.4 is 5.32 Å². The Kier molecular flexibility index (Phi) is 4.62. The third-order valence-electron chi connectivity index (χ3n) is 4.60. The first-order chi connectivity index (χ1) is 8.68. The summed E-state index contributed by atoms with van der Waals surface area (Å²) in [5, 5.41) is 3.54. The zero-order valence-electron chi connectivity index (χ0n) is 11.7. The summed E-state index contributed by atoms with van der Waals surface area (Å²) in [5.74, 6) is -0.0907. The van der Waals surface area contributed by atoms with Crippen molar-refractivity contribution in [1.29, 1.82) is 0 Å². The Bertz CT molecular complexity index is 279. The molecule has 1 atom stereocenters. The van der Waals surface area contributed by atoms with Gasteiger partial charge < -0.3 is 10.1 Å². The highest BCUT2D eigenvalue weighted by molar-refractivity contribution is 5.69. The molecule has 1 unspecified atom stereocenters. The number of ether oxygens (including phenoxy) is 1. The monoisotopic (exact) mass is 254 g/mol. The number of esters is 1. The van der Waals surface area contributed by atoms with Gasteiger partial charge in [0.15, 0.2) is 0 Å². The second-order valence-electron chi connectivity index (χ2n) is 5.78. The second kappa shape index (κ2) is 6.02. The molecule has 0 aromatic heterocycles. The summed E-state index contributed by atoms with van der Waals surface area (Å²) in [5.41, 5.74) is 0.296. The van der Waals surface area contributed by atoms with Crippen LogP contribution in [0.2, 0.25) is 0 Å². The predicted molar refractivity (Wildman–Crippen MR) is 71.5 cm³/mol. The van der Waals surface area contributed by atoms with E-state index in [4.69, 9.17) is 4.74 Å². The van der Waals surface area contributed by atoms with Crippen LogP contribution in [-0.4, -0.2) is 49.2 Å². The third kappa shape index (κ3) is 2.86. The summed E-state index contributed by atoms with van der Waals surface area (Å²) < 4.78 is 4.81. The minimum absolute atomic E-state index is 0.0907. The molecule has 1 N–H and O–H groups in total. The lowest BCUT2D eigenvalue weighted by atomic mass is 9.78. The summed E-state index contributed by atoms with van der Waals surface area (Å²) in [4.78, 5) is 14.0. The fraction of sp³-hybridized carbons (Fsp3) is 0.929. The maximum Gasteiger partial charge on any atom is 0.307 e. The lowest BCUT2D eigenvalue weighted by Crippen LogP contribution is -2.64. The van der Waals surface area contributed by atoms with Crippen LogP contribution in [0.25, 0.3) is 0 Å². The molecule has 0 aromatic carbocycles. The molecule has 0 radical (unpaired) electrons. The Hall–Kier alpha value is -0.610. The zero-order chi connectivity index (χ0) is 13.0. The molecular formula is C14H26N2O2. The van der Waals surface area contributed by atoms with Gasteiger partial charge in [-0.15, -0.1) is 0 Å². The number of nitrogens with zero attached hydrogens (tertiary/aromatic N) is 1. The molecule has 0 amide bonds. The van der Waals surface area contributed by atoms with E-state index in [2.05, 4.69) is 17.1 Å². The molecule has 1 aliphatic heterocycles. The number of methoxy groups -OCH3 is 1. The lowest BCUT2D eigenvalue weighted by molar-refractivity contribution is -0.143. The van der Waals surface area contributed by atoms with E-state index in [1.165, 1.54) is 39.2 Å². The first-order valence-electron chi connectivity index (χ1n) is 7.22. The van der Waals surface area contributed by atoms with Crippen molar-refractivity contribution in [3.63, 3.8) is 0 Å². The Morgan fingerprint density at radius 3 is 2.78 bits per heavy atom. The number of nitrogens with one attached hydrogen (secondary N) is 1. The van der Waals surface area contributed by atoms with Crippen molar-refractivity contribution in [2.75, 3.05) is 26.7 Å². The average Bonchev–Trinajstić information content (AvgIpc) is 2.40. The maximum absolute atomic E-state index is 11.5. The molecule has 1 aliphatic carbocycles. The first kappa shape index (κ1) is 13.8. The van der Waals surface area contributed by atoms with Gasteiger partial charge in [-0.25, -0.2) is 0 Å². The number of carbonyl (C=O) groups is 1. The molecule has 2 fully saturated rings. The Balaban J connectivity index is 2.04. The predicted octanol–water partition coefficient (Wildman–Crippen LogP) is 1.55. The van der Waals surface area contributed by atoms with Gasteiger partial charge in [-0.2, -0.15) is 0 Å². The highest BCUT2D eigenvalue weighted by Crippen LogP contribution is 2.36. The molecule has 104 valence electrons. The van der Waals surface area contributed by atoms with Gasteiger partial charge in [0.2, 0.25) is 0 Å². The molecule has 2 rings (SSSR count). The Morgan fingerprint density at radius 2 is 2.11 bits per heavy atom. The summed E-state index contributed by atoms with van der Waals surface area (Å²) >= 11 is 0. The normalized spacial score (nSPS) is 25.9. The fourth-order valence-electron chi connectivity index (χ4n) is 3.66. The van der Waals surface area contributed by atoms with Crippen molar-refractivity contribution in [3.05, 3.63) is 0 Å². The van der Waals surface area contributed by atoms with Crippen LogP contribution in [0.15, 0.2) is 0 Å². The van der Waals surface area contributed by atoms with E-state index in [1.54, 1.807) is 0 Å². The average molecular weight is 254 g/mol. The molecule has 0 bridgehead atoms. The molecular weight excluding hydrogens is 228 g/mol. The van der Waals surface area contributed by atoms with Gasteiger partial charge >= 0.3 is 5.97 Å². The van der Waals surface area contributed by atoms with E-state index in [9.17, 15) is 4.79 Å². The van der Waals surface area contributed by atoms with Crippen molar-refractivity contribution in [3.8, 4) is 0 Å². The second-order valence-corrected chi connectivity index (χ2v) is 5.78. The van der Waals surface area contributed by atoms with Crippen LogP contribution in [0.5, 0.6) is 0 Å². The molecule has 1 saturated heterocycles. The number of hydrogen-bond donors (Lipinski definition) is 1. The van der Waals surface area contributed by atoms with Crippen molar-refractivity contribution in [1.82, 2.24) is 10.2 Å². The highest BCUT2D eigenvalue weighted by Gasteiger charge is 2.41. The minimum Gasteiger partial charge on any atom is -0.469 e. The molecule has 1 heterocycles. The number of carbonyl (C=O) groups excluding carboxylic acids is 1. The Labute approximate surface area is 110 Å². The Morgan fingerprint density at radius 1 is 1.39 bits per heavy atom. The van der Waals surface area contributed by atoms with Gasteiger partial charge in [0.25, 0.3) is 0 Å². The minimum atomic E-state index is -0.0907. The van der Waals surface area contributed by atoms with Crippen LogP contribution in [-0.2, 0) is 9.53 Å². The zero-order valence-corrected chi connectivity index (χ0v) is 11.7. The molecule has 1 saturated carbocycles. The van der Waals surface area contributed by atoms with E-state index >= 15 is 0 Å². The SMILES string of the molecule is COC(=O)CC(C)N1CCNCC12CCCCC2. The molecule has 1 spiro atoms. The van der Waals surface area contributed by atoms with Gasteiger partial charge in [-0.3, -0.25) is 9.69 Å². The van der Waals surface area contributed by atoms with Crippen molar-refractivity contribution >= 4 is 5.97 Å². The van der Waals surface area contributed by atoms with Crippen molar-refractivity contribution < 1.29 is 9.53 Å². The van der Waals surface area contributed by atoms with E-state index < -0.39 is 0 Å². The van der Waals surface area contributed by atoms with Crippen LogP contribution in [0.1, 0.15) is 45.4 Å². The van der Waals surface area contributed by atoms with E-state index in [1.807, 2.05) is 0 Å². The summed E-state index contributed by atoms with van der Waals surface area (Å²) in [6, 6.07) is 0.289. The number of hydrogen-bond acceptors (Lipinski definition) is 4. The number of rotatable bonds is 3. The molecule has 2 aliphatic rings. The topological polar surface area (TPSA) is 41.6 Å². The van der Waals surface area contributed by atoms with E-state index in [-0.39, 0.29) is 12.0 Å². The fourth-order valence-corrected chi connectivity index (χ4v) is 3.66. The quantitative estimate of drug-likeness (QED) is 0.776. The largest absolute Gasteiger partial charge is 0.469 e. The van der Waals surface area contributed by atoms with Gasteiger partial charge in [0.05, 0.1) is 13.5 Å². The van der Waals surface area contributed by atoms with E-state index in [0.29, 0.717) is 12.0 Å². The van der Waals surface area contributed by atoms with Crippen LogP contribution in [0, 0.1) is 0 Å². The number of piperazine rings is 1. The highest BCUT2D eigenvalue weighted by atomic mass is 16.5. The molecule has 0 aromatic rings. The van der Waals surface area contributed by atoms with Crippen molar-refractivity contribution in [2.45, 2.75) is 57.0 Å². The molecule has 18 heavy (non-hydrogen) atoms. The first-order valence-corrected chi connectivity index (χ1v) is 7.22. The van der Waals surface area contributed by atoms with Gasteiger partial charge in [-0.05, 0) is 19.8 Å². The van der Waals surface area contributed by atoms with Gasteiger partial charge in [0.1, 0.15) is 0 Å². The molecule has 4 nitrogen and oxygen atoms in total. The smallest absolute Gasteiger partial charge is 0.307 e. The maximum atomic E-state index is 11.5. The van der Waals surface area contributed by atoms with Gasteiger partial charge in [0, 0.05) is 31.2 Å². The summed E-state index contributed by atoms with van der Waals surface area (Å²) in [7, 11) is 1.48. The summed E-state index contributed by atoms with van der Waals surface area (Å²) in [6.07, 6.45) is 7.06. The van der Waals surface area contributed by atoms with Gasteiger partial charge in [-0.1, -0.05) is 19.3 Å². The standard InChI is InChI=1S/C14H26N2O2/c1-12(10-13(17)18-2)16-9-8-15-11-14(16)6-4-3-5-7-14/h12,15H,3-11H2,1-2H3. The molecule has 4 heteroatoms. The third-order valence-corrected chi connectivity index (χ3v) is 4.60. The summed E-state index contributed by atoms with van der Waals surface area (Å²) in [6.45, 7) is 5.34. The van der Waals surface area contributed by atoms with Crippen molar-refractivity contribution in [2.24, 2.45) is 0 Å². The van der Waals surface area contributed by atoms with Crippen LogP contribution >= 0.6 is 0 Å². The van der Waals surface area contributed by atoms with Crippen LogP contribution in [0.3, 0.4) is 0 Å². The van der Waals surface area contributed by atoms with Crippen LogP contribution in [0.4, 0.5) is 0 Å².